The van der Waals surface area contributed by atoms with Gasteiger partial charge in [-0.05, 0) is 12.1 Å². The minimum absolute atomic E-state index is 0.455. The van der Waals surface area contributed by atoms with Gasteiger partial charge in [0.15, 0.2) is 0 Å². The molecule has 0 aromatic carbocycles. The Kier molecular flexibility index (Phi) is 6.00. The van der Waals surface area contributed by atoms with Crippen LogP contribution in [0.25, 0.3) is 0 Å². The Balaban J connectivity index is 4.11. The van der Waals surface area contributed by atoms with Gasteiger partial charge in [0.2, 0.25) is 0 Å². The van der Waals surface area contributed by atoms with Crippen LogP contribution in [0.2, 0.25) is 0 Å². The molecule has 0 aliphatic carbocycles. The van der Waals surface area contributed by atoms with Crippen molar-refractivity contribution in [1.29, 1.82) is 0 Å². The summed E-state index contributed by atoms with van der Waals surface area (Å²) >= 11 is 0. The molecule has 0 aliphatic rings. The van der Waals surface area contributed by atoms with Crippen LogP contribution >= 0.6 is 14.3 Å². The zero-order chi connectivity index (χ0) is 21.0. The molecule has 1 aromatic heterocycles. The number of nitrogens with zero attached hydrogens (tertiary/aromatic N) is 1. The second-order valence-electron chi connectivity index (χ2n) is 11.2. The largest absolute Gasteiger partial charge is 0.317 e. The van der Waals surface area contributed by atoms with E-state index in [1.807, 2.05) is 95.2 Å². The zero-order valence-electron chi connectivity index (χ0n) is 18.9. The van der Waals surface area contributed by atoms with Gasteiger partial charge in [0, 0.05) is 32.1 Å². The van der Waals surface area contributed by atoms with Gasteiger partial charge in [0.25, 0.3) is 0 Å². The highest BCUT2D eigenvalue weighted by Crippen LogP contribution is 2.70. The average molecular weight is 399 g/mol. The van der Waals surface area contributed by atoms with Crippen molar-refractivity contribution in [2.24, 2.45) is 0 Å². The highest BCUT2D eigenvalue weighted by atomic mass is 31.2. The topological polar surface area (TPSA) is 47.0 Å². The number of rotatable bonds is 2. The lowest BCUT2D eigenvalue weighted by Gasteiger charge is -2.46. The lowest BCUT2D eigenvalue weighted by atomic mass is 10.2. The van der Waals surface area contributed by atoms with Crippen molar-refractivity contribution in [2.75, 3.05) is 0 Å². The van der Waals surface area contributed by atoms with Crippen LogP contribution in [0.5, 0.6) is 0 Å². The molecule has 0 unspecified atom stereocenters. The molecule has 1 aromatic rings. The lowest BCUT2D eigenvalue weighted by Crippen LogP contribution is -2.46. The summed E-state index contributed by atoms with van der Waals surface area (Å²) < 4.78 is 29.2. The average Bonchev–Trinajstić information content (AvgIpc) is 2.40. The molecule has 0 aliphatic heterocycles. The Hall–Kier alpha value is -0.390. The summed E-state index contributed by atoms with van der Waals surface area (Å²) in [7, 11) is -5.94. The second-order valence-corrected chi connectivity index (χ2v) is 20.0. The number of hydrogen-bond donors (Lipinski definition) is 0. The normalized spacial score (nSPS) is 15.2. The summed E-state index contributed by atoms with van der Waals surface area (Å²) in [5, 5.41) is -1.16. The van der Waals surface area contributed by atoms with Crippen LogP contribution in [0.1, 0.15) is 83.1 Å². The van der Waals surface area contributed by atoms with Gasteiger partial charge in [-0.25, -0.2) is 0 Å². The predicted octanol–water partition coefficient (Wildman–Crippen LogP) is 6.25. The highest BCUT2D eigenvalue weighted by Gasteiger charge is 2.55. The van der Waals surface area contributed by atoms with Gasteiger partial charge in [0.1, 0.15) is 19.7 Å². The van der Waals surface area contributed by atoms with Gasteiger partial charge in [-0.3, -0.25) is 4.98 Å². The standard InChI is InChI=1S/C21H39NO2P2/c1-18(2,3)25(23,19(4,5)6)16-14-13-15-22-17(16)26(24,20(7,8)9)21(10,11)12/h13-15H,1-12H3. The van der Waals surface area contributed by atoms with Crippen molar-refractivity contribution in [1.82, 2.24) is 4.98 Å². The smallest absolute Gasteiger partial charge is 0.143 e. The third-order valence-electron chi connectivity index (χ3n) is 5.18. The number of pyridine rings is 1. The Morgan fingerprint density at radius 2 is 1.00 bits per heavy atom. The first-order chi connectivity index (χ1) is 11.2. The third-order valence-corrected chi connectivity index (χ3v) is 14.9. The molecule has 0 N–H and O–H groups in total. The molecular formula is C21H39NO2P2. The van der Waals surface area contributed by atoms with Crippen LogP contribution in [-0.2, 0) is 9.13 Å². The van der Waals surface area contributed by atoms with Crippen molar-refractivity contribution in [3.63, 3.8) is 0 Å². The van der Waals surface area contributed by atoms with E-state index in [9.17, 15) is 9.13 Å². The minimum atomic E-state index is -3.00. The van der Waals surface area contributed by atoms with Gasteiger partial charge in [0.05, 0.1) is 0 Å². The molecule has 1 heterocycles. The summed E-state index contributed by atoms with van der Waals surface area (Å²) in [5.41, 5.74) is 0.563. The first kappa shape index (κ1) is 23.6. The Bertz CT molecular complexity index is 653. The number of hydrogen-bond acceptors (Lipinski definition) is 3. The molecule has 0 fully saturated rings. The van der Waals surface area contributed by atoms with Gasteiger partial charge >= 0.3 is 0 Å². The van der Waals surface area contributed by atoms with Crippen LogP contribution in [0.15, 0.2) is 18.3 Å². The van der Waals surface area contributed by atoms with Crippen molar-refractivity contribution in [2.45, 2.75) is 104 Å². The fourth-order valence-electron chi connectivity index (χ4n) is 4.25. The quantitative estimate of drug-likeness (QED) is 0.552. The third kappa shape index (κ3) is 3.51. The fourth-order valence-corrected chi connectivity index (χ4v) is 13.1. The Morgan fingerprint density at radius 3 is 1.31 bits per heavy atom. The van der Waals surface area contributed by atoms with Crippen molar-refractivity contribution < 1.29 is 9.13 Å². The molecule has 150 valence electrons. The van der Waals surface area contributed by atoms with Gasteiger partial charge in [-0.1, -0.05) is 83.1 Å². The van der Waals surface area contributed by atoms with Crippen LogP contribution in [0, 0.1) is 0 Å². The Morgan fingerprint density at radius 1 is 0.654 bits per heavy atom. The maximum absolute atomic E-state index is 14.6. The van der Waals surface area contributed by atoms with E-state index in [1.165, 1.54) is 0 Å². The zero-order valence-corrected chi connectivity index (χ0v) is 20.7. The van der Waals surface area contributed by atoms with Gasteiger partial charge < -0.3 is 9.13 Å². The Labute approximate surface area is 161 Å². The summed E-state index contributed by atoms with van der Waals surface area (Å²) in [6.45, 7) is 24.2. The monoisotopic (exact) mass is 399 g/mol. The molecule has 0 saturated carbocycles. The van der Waals surface area contributed by atoms with E-state index in [1.54, 1.807) is 6.20 Å². The van der Waals surface area contributed by atoms with Crippen LogP contribution in [0.4, 0.5) is 0 Å². The molecule has 3 nitrogen and oxygen atoms in total. The molecule has 0 radical (unpaired) electrons. The predicted molar refractivity (Wildman–Crippen MR) is 118 cm³/mol. The van der Waals surface area contributed by atoms with E-state index in [2.05, 4.69) is 4.98 Å². The number of aromatic nitrogens is 1. The van der Waals surface area contributed by atoms with E-state index in [0.29, 0.717) is 10.7 Å². The molecule has 5 heteroatoms. The van der Waals surface area contributed by atoms with Crippen molar-refractivity contribution >= 4 is 25.0 Å². The summed E-state index contributed by atoms with van der Waals surface area (Å²) in [6, 6.07) is 3.74. The molecule has 1 rings (SSSR count). The van der Waals surface area contributed by atoms with Crippen LogP contribution in [0.3, 0.4) is 0 Å². The van der Waals surface area contributed by atoms with E-state index < -0.39 is 34.9 Å². The van der Waals surface area contributed by atoms with E-state index in [-0.39, 0.29) is 0 Å². The van der Waals surface area contributed by atoms with Crippen LogP contribution in [-0.4, -0.2) is 25.6 Å². The van der Waals surface area contributed by atoms with E-state index in [0.717, 1.165) is 0 Å². The fraction of sp³-hybridized carbons (Fsp3) is 0.762. The first-order valence-corrected chi connectivity index (χ1v) is 12.8. The first-order valence-electron chi connectivity index (χ1n) is 9.39. The van der Waals surface area contributed by atoms with Crippen molar-refractivity contribution in [3.05, 3.63) is 18.3 Å². The van der Waals surface area contributed by atoms with Crippen LogP contribution < -0.4 is 10.7 Å². The molecule has 0 saturated heterocycles. The molecular weight excluding hydrogens is 360 g/mol. The SMILES string of the molecule is CC(C)(C)P(=O)(c1cccnc1P(=O)(C(C)(C)C)C(C)(C)C)C(C)(C)C. The van der Waals surface area contributed by atoms with E-state index >= 15 is 0 Å². The van der Waals surface area contributed by atoms with Gasteiger partial charge in [-0.15, -0.1) is 0 Å². The molecule has 0 amide bonds. The molecule has 0 spiro atoms. The second kappa shape index (κ2) is 6.59. The summed E-state index contributed by atoms with van der Waals surface area (Å²) in [5.74, 6) is 0. The summed E-state index contributed by atoms with van der Waals surface area (Å²) in [4.78, 5) is 4.64. The molecule has 0 bridgehead atoms. The van der Waals surface area contributed by atoms with E-state index in [4.69, 9.17) is 0 Å². The van der Waals surface area contributed by atoms with Crippen molar-refractivity contribution in [3.8, 4) is 0 Å². The molecule has 0 atom stereocenters. The lowest BCUT2D eigenvalue weighted by molar-refractivity contribution is 0.524. The highest BCUT2D eigenvalue weighted by molar-refractivity contribution is 7.80. The van der Waals surface area contributed by atoms with Gasteiger partial charge in [-0.2, -0.15) is 0 Å². The maximum Gasteiger partial charge on any atom is 0.143 e. The molecule has 26 heavy (non-hydrogen) atoms. The summed E-state index contributed by atoms with van der Waals surface area (Å²) in [6.07, 6.45) is 1.69. The minimum Gasteiger partial charge on any atom is -0.317 e. The maximum atomic E-state index is 14.6.